The van der Waals surface area contributed by atoms with Gasteiger partial charge in [-0.25, -0.2) is 5.01 Å². The van der Waals surface area contributed by atoms with Crippen molar-refractivity contribution in [3.63, 3.8) is 0 Å². The van der Waals surface area contributed by atoms with Crippen LogP contribution in [0, 0.1) is 0 Å². The number of primary amides is 1. The Hall–Kier alpha value is -3.04. The Bertz CT molecular complexity index is 1040. The van der Waals surface area contributed by atoms with Gasteiger partial charge in [-0.3, -0.25) is 19.8 Å². The lowest BCUT2D eigenvalue weighted by Crippen LogP contribution is -2.35. The van der Waals surface area contributed by atoms with Crippen LogP contribution >= 0.6 is 27.5 Å². The van der Waals surface area contributed by atoms with Crippen molar-refractivity contribution in [2.24, 2.45) is 5.73 Å². The molecule has 3 amide bonds. The number of hydrogen-bond acceptors (Lipinski definition) is 5. The van der Waals surface area contributed by atoms with Gasteiger partial charge in [0.05, 0.1) is 12.3 Å². The molecular weight excluding hydrogens is 478 g/mol. The number of hydrazine groups is 1. The molecule has 0 aromatic heterocycles. The van der Waals surface area contributed by atoms with E-state index in [4.69, 9.17) is 26.8 Å². The van der Waals surface area contributed by atoms with Crippen molar-refractivity contribution >= 4 is 57.0 Å². The molecule has 1 aliphatic rings. The molecule has 2 aromatic rings. The van der Waals surface area contributed by atoms with Crippen LogP contribution in [0.3, 0.4) is 0 Å². The van der Waals surface area contributed by atoms with E-state index in [1.54, 1.807) is 43.3 Å². The van der Waals surface area contributed by atoms with E-state index >= 15 is 0 Å². The zero-order chi connectivity index (χ0) is 21.8. The van der Waals surface area contributed by atoms with Gasteiger partial charge in [0.15, 0.2) is 18.1 Å². The molecule has 3 N–H and O–H groups in total. The summed E-state index contributed by atoms with van der Waals surface area (Å²) in [5.41, 5.74) is 8.53. The Morgan fingerprint density at radius 1 is 1.27 bits per heavy atom. The van der Waals surface area contributed by atoms with E-state index in [0.717, 1.165) is 5.01 Å². The number of halogens is 2. The molecular formula is C20H17BrClN3O5. The molecule has 1 heterocycles. The standard InChI is InChI=1S/C20H17BrClN3O5/c1-2-29-14-9-11(16(21)17(22)18(14)30-10-15(23)26)8-13-19(27)24-25(20(13)28)12-6-4-3-5-7-12/h3-9H,2,10H2,1H3,(H2,23,26)(H,24,27)/b13-8-. The number of nitrogens with two attached hydrogens (primary N) is 1. The number of carbonyl (C=O) groups is 3. The second-order valence-corrected chi connectivity index (χ2v) is 7.26. The molecule has 0 unspecified atom stereocenters. The number of para-hydroxylation sites is 1. The Labute approximate surface area is 185 Å². The third kappa shape index (κ3) is 4.42. The molecule has 8 nitrogen and oxygen atoms in total. The molecule has 0 atom stereocenters. The largest absolute Gasteiger partial charge is 0.490 e. The Balaban J connectivity index is 2.01. The predicted molar refractivity (Wildman–Crippen MR) is 115 cm³/mol. The molecule has 1 fully saturated rings. The summed E-state index contributed by atoms with van der Waals surface area (Å²) in [5.74, 6) is -1.38. The fourth-order valence-electron chi connectivity index (χ4n) is 2.72. The Kier molecular flexibility index (Phi) is 6.63. The zero-order valence-electron chi connectivity index (χ0n) is 15.8. The van der Waals surface area contributed by atoms with Crippen LogP contribution in [0.4, 0.5) is 5.69 Å². The molecule has 1 saturated heterocycles. The first kappa shape index (κ1) is 21.7. The van der Waals surface area contributed by atoms with Crippen LogP contribution in [-0.2, 0) is 14.4 Å². The van der Waals surface area contributed by atoms with Gasteiger partial charge in [0.1, 0.15) is 10.6 Å². The van der Waals surface area contributed by atoms with E-state index in [1.807, 2.05) is 0 Å². The number of benzene rings is 2. The lowest BCUT2D eigenvalue weighted by molar-refractivity contribution is -0.120. The van der Waals surface area contributed by atoms with Gasteiger partial charge >= 0.3 is 0 Å². The third-order valence-electron chi connectivity index (χ3n) is 4.02. The average molecular weight is 495 g/mol. The van der Waals surface area contributed by atoms with E-state index in [2.05, 4.69) is 21.4 Å². The van der Waals surface area contributed by atoms with E-state index in [1.165, 1.54) is 6.08 Å². The number of hydrogen-bond donors (Lipinski definition) is 2. The van der Waals surface area contributed by atoms with Crippen LogP contribution in [0.15, 0.2) is 46.4 Å². The fraction of sp³-hybridized carbons (Fsp3) is 0.150. The van der Waals surface area contributed by atoms with E-state index in [0.29, 0.717) is 22.3 Å². The summed E-state index contributed by atoms with van der Waals surface area (Å²) in [4.78, 5) is 36.3. The molecule has 1 aliphatic heterocycles. The number of carbonyl (C=O) groups excluding carboxylic acids is 3. The maximum atomic E-state index is 12.8. The van der Waals surface area contributed by atoms with Crippen molar-refractivity contribution in [3.8, 4) is 11.5 Å². The lowest BCUT2D eigenvalue weighted by atomic mass is 10.1. The second kappa shape index (κ2) is 9.19. The van der Waals surface area contributed by atoms with Gasteiger partial charge in [-0.2, -0.15) is 0 Å². The van der Waals surface area contributed by atoms with Crippen molar-refractivity contribution in [3.05, 3.63) is 57.0 Å². The van der Waals surface area contributed by atoms with Gasteiger partial charge in [-0.05, 0) is 52.7 Å². The number of rotatable bonds is 7. The average Bonchev–Trinajstić information content (AvgIpc) is 3.00. The maximum absolute atomic E-state index is 12.8. The quantitative estimate of drug-likeness (QED) is 0.454. The van der Waals surface area contributed by atoms with Gasteiger partial charge in [0.2, 0.25) is 0 Å². The Morgan fingerprint density at radius 3 is 2.60 bits per heavy atom. The highest BCUT2D eigenvalue weighted by molar-refractivity contribution is 9.10. The first-order valence-electron chi connectivity index (χ1n) is 8.81. The first-order valence-corrected chi connectivity index (χ1v) is 9.98. The van der Waals surface area contributed by atoms with Crippen molar-refractivity contribution in [1.29, 1.82) is 0 Å². The zero-order valence-corrected chi connectivity index (χ0v) is 18.1. The van der Waals surface area contributed by atoms with E-state index in [9.17, 15) is 14.4 Å². The summed E-state index contributed by atoms with van der Waals surface area (Å²) >= 11 is 9.72. The Morgan fingerprint density at radius 2 is 1.97 bits per heavy atom. The third-order valence-corrected chi connectivity index (χ3v) is 5.46. The van der Waals surface area contributed by atoms with Crippen LogP contribution < -0.4 is 25.6 Å². The number of anilines is 1. The topological polar surface area (TPSA) is 111 Å². The van der Waals surface area contributed by atoms with Crippen LogP contribution in [0.2, 0.25) is 5.02 Å². The van der Waals surface area contributed by atoms with Crippen LogP contribution in [-0.4, -0.2) is 30.9 Å². The smallest absolute Gasteiger partial charge is 0.282 e. The molecule has 156 valence electrons. The van der Waals surface area contributed by atoms with Gasteiger partial charge in [-0.1, -0.05) is 29.8 Å². The predicted octanol–water partition coefficient (Wildman–Crippen LogP) is 2.83. The number of amides is 3. The monoisotopic (exact) mass is 493 g/mol. The second-order valence-electron chi connectivity index (χ2n) is 6.08. The maximum Gasteiger partial charge on any atom is 0.282 e. The SMILES string of the molecule is CCOc1cc(/C=C2/C(=O)NN(c3ccccc3)C2=O)c(Br)c(Cl)c1OCC(N)=O. The summed E-state index contributed by atoms with van der Waals surface area (Å²) in [6, 6.07) is 10.3. The molecule has 0 saturated carbocycles. The first-order chi connectivity index (χ1) is 14.3. The molecule has 0 aliphatic carbocycles. The minimum atomic E-state index is -0.676. The van der Waals surface area contributed by atoms with Gasteiger partial charge in [-0.15, -0.1) is 0 Å². The molecule has 10 heteroatoms. The van der Waals surface area contributed by atoms with Gasteiger partial charge in [0, 0.05) is 4.47 Å². The minimum Gasteiger partial charge on any atom is -0.490 e. The fourth-order valence-corrected chi connectivity index (χ4v) is 3.39. The van der Waals surface area contributed by atoms with E-state index < -0.39 is 17.7 Å². The molecule has 2 aromatic carbocycles. The molecule has 0 spiro atoms. The number of nitrogens with one attached hydrogen (secondary N) is 1. The van der Waals surface area contributed by atoms with Crippen LogP contribution in [0.25, 0.3) is 6.08 Å². The van der Waals surface area contributed by atoms with Crippen molar-refractivity contribution in [2.45, 2.75) is 6.92 Å². The molecule has 3 rings (SSSR count). The highest BCUT2D eigenvalue weighted by Gasteiger charge is 2.34. The summed E-state index contributed by atoms with van der Waals surface area (Å²) in [6.07, 6.45) is 1.40. The lowest BCUT2D eigenvalue weighted by Gasteiger charge is -2.15. The highest BCUT2D eigenvalue weighted by Crippen LogP contribution is 2.43. The van der Waals surface area contributed by atoms with Gasteiger partial charge < -0.3 is 15.2 Å². The summed E-state index contributed by atoms with van der Waals surface area (Å²) in [7, 11) is 0. The number of nitrogens with zero attached hydrogens (tertiary/aromatic N) is 1. The van der Waals surface area contributed by atoms with E-state index in [-0.39, 0.29) is 28.7 Å². The van der Waals surface area contributed by atoms with Crippen molar-refractivity contribution in [2.75, 3.05) is 18.2 Å². The molecule has 0 bridgehead atoms. The highest BCUT2D eigenvalue weighted by atomic mass is 79.9. The minimum absolute atomic E-state index is 0.0797. The van der Waals surface area contributed by atoms with Gasteiger partial charge in [0.25, 0.3) is 17.7 Å². The number of ether oxygens (including phenoxy) is 2. The van der Waals surface area contributed by atoms with Crippen molar-refractivity contribution < 1.29 is 23.9 Å². The van der Waals surface area contributed by atoms with Crippen LogP contribution in [0.1, 0.15) is 12.5 Å². The molecule has 0 radical (unpaired) electrons. The van der Waals surface area contributed by atoms with Crippen LogP contribution in [0.5, 0.6) is 11.5 Å². The molecule has 30 heavy (non-hydrogen) atoms. The normalized spacial score (nSPS) is 14.8. The summed E-state index contributed by atoms with van der Waals surface area (Å²) in [5, 5.41) is 1.28. The summed E-state index contributed by atoms with van der Waals surface area (Å²) in [6.45, 7) is 1.67. The van der Waals surface area contributed by atoms with Crippen molar-refractivity contribution in [1.82, 2.24) is 5.43 Å². The summed E-state index contributed by atoms with van der Waals surface area (Å²) < 4.78 is 11.3.